The van der Waals surface area contributed by atoms with Gasteiger partial charge in [-0.15, -0.1) is 11.3 Å². The Balaban J connectivity index is 1.05. The molecule has 2 aromatic heterocycles. The minimum Gasteiger partial charge on any atom is -0.455 e. The summed E-state index contributed by atoms with van der Waals surface area (Å²) in [5.41, 5.74) is 9.82. The van der Waals surface area contributed by atoms with Gasteiger partial charge in [-0.05, 0) is 110 Å². The van der Waals surface area contributed by atoms with E-state index in [2.05, 4.69) is 205 Å². The quantitative estimate of drug-likeness (QED) is 0.175. The molecule has 12 aromatic rings. The molecule has 0 N–H and O–H groups in total. The summed E-state index contributed by atoms with van der Waals surface area (Å²) in [6, 6.07) is 72.8. The van der Waals surface area contributed by atoms with Crippen molar-refractivity contribution >= 4 is 103 Å². The fourth-order valence-electron chi connectivity index (χ4n) is 8.86. The highest BCUT2D eigenvalue weighted by molar-refractivity contribution is 7.25. The summed E-state index contributed by atoms with van der Waals surface area (Å²) < 4.78 is 9.52. The van der Waals surface area contributed by atoms with Gasteiger partial charge in [0.25, 0.3) is 0 Å². The molecule has 0 aliphatic heterocycles. The lowest BCUT2D eigenvalue weighted by Gasteiger charge is -2.27. The second kappa shape index (κ2) is 12.7. The van der Waals surface area contributed by atoms with Gasteiger partial charge in [-0.1, -0.05) is 140 Å². The van der Waals surface area contributed by atoms with Crippen molar-refractivity contribution in [1.29, 1.82) is 0 Å². The van der Waals surface area contributed by atoms with Gasteiger partial charge in [0, 0.05) is 42.3 Å². The highest BCUT2D eigenvalue weighted by atomic mass is 32.1. The second-order valence-electron chi connectivity index (χ2n) is 14.9. The van der Waals surface area contributed by atoms with E-state index in [4.69, 9.17) is 4.42 Å². The van der Waals surface area contributed by atoms with Crippen molar-refractivity contribution in [3.63, 3.8) is 0 Å². The van der Waals surface area contributed by atoms with Gasteiger partial charge in [0.1, 0.15) is 11.2 Å². The Bertz CT molecular complexity index is 3460. The van der Waals surface area contributed by atoms with Crippen LogP contribution in [0.1, 0.15) is 0 Å². The number of furan rings is 1. The molecule has 2 heterocycles. The number of hydrogen-bond donors (Lipinski definition) is 0. The predicted octanol–water partition coefficient (Wildman–Crippen LogP) is 16.2. The molecule has 57 heavy (non-hydrogen) atoms. The van der Waals surface area contributed by atoms with Gasteiger partial charge in [-0.25, -0.2) is 0 Å². The number of rotatable bonds is 5. The van der Waals surface area contributed by atoms with Crippen molar-refractivity contribution in [2.45, 2.75) is 0 Å². The molecule has 10 aromatic carbocycles. The van der Waals surface area contributed by atoms with Crippen molar-refractivity contribution in [3.05, 3.63) is 200 Å². The van der Waals surface area contributed by atoms with Gasteiger partial charge in [0.05, 0.1) is 11.1 Å². The van der Waals surface area contributed by atoms with Gasteiger partial charge in [0.15, 0.2) is 0 Å². The van der Waals surface area contributed by atoms with Gasteiger partial charge in [-0.3, -0.25) is 0 Å². The highest BCUT2D eigenvalue weighted by Crippen LogP contribution is 2.47. The lowest BCUT2D eigenvalue weighted by Crippen LogP contribution is -2.10. The summed E-state index contributed by atoms with van der Waals surface area (Å²) in [7, 11) is 0. The zero-order chi connectivity index (χ0) is 37.5. The summed E-state index contributed by atoms with van der Waals surface area (Å²) in [5, 5.41) is 11.9. The van der Waals surface area contributed by atoms with Gasteiger partial charge in [0.2, 0.25) is 0 Å². The van der Waals surface area contributed by atoms with E-state index < -0.39 is 0 Å². The summed E-state index contributed by atoms with van der Waals surface area (Å²) in [5.74, 6) is 0. The van der Waals surface area contributed by atoms with E-state index >= 15 is 0 Å². The third-order valence-electron chi connectivity index (χ3n) is 11.6. The fourth-order valence-corrected chi connectivity index (χ4v) is 9.95. The van der Waals surface area contributed by atoms with E-state index in [0.717, 1.165) is 44.4 Å². The first kappa shape index (κ1) is 32.1. The van der Waals surface area contributed by atoms with E-state index in [9.17, 15) is 0 Å². The predicted molar refractivity (Wildman–Crippen MR) is 245 cm³/mol. The van der Waals surface area contributed by atoms with Crippen LogP contribution in [0, 0.1) is 0 Å². The number of fused-ring (bicyclic) bond motifs is 10. The van der Waals surface area contributed by atoms with E-state index in [1.165, 1.54) is 69.4 Å². The Morgan fingerprint density at radius 2 is 0.965 bits per heavy atom. The molecule has 0 saturated heterocycles. The number of hydrogen-bond acceptors (Lipinski definition) is 3. The number of benzene rings is 10. The molecule has 3 heteroatoms. The first-order chi connectivity index (χ1) is 28.2. The maximum atomic E-state index is 6.87. The van der Waals surface area contributed by atoms with Crippen molar-refractivity contribution in [1.82, 2.24) is 0 Å². The Labute approximate surface area is 333 Å². The summed E-state index contributed by atoms with van der Waals surface area (Å²) in [4.78, 5) is 2.40. The van der Waals surface area contributed by atoms with Crippen molar-refractivity contribution < 1.29 is 4.42 Å². The zero-order valence-electron chi connectivity index (χ0n) is 30.8. The average molecular weight is 744 g/mol. The summed E-state index contributed by atoms with van der Waals surface area (Å²) in [6.45, 7) is 0. The average Bonchev–Trinajstić information content (AvgIpc) is 3.85. The van der Waals surface area contributed by atoms with Crippen molar-refractivity contribution in [3.8, 4) is 22.3 Å². The summed E-state index contributed by atoms with van der Waals surface area (Å²) >= 11 is 1.86. The van der Waals surface area contributed by atoms with Crippen LogP contribution < -0.4 is 4.90 Å². The molecule has 0 saturated carbocycles. The van der Waals surface area contributed by atoms with E-state index in [0.29, 0.717) is 0 Å². The van der Waals surface area contributed by atoms with Crippen molar-refractivity contribution in [2.24, 2.45) is 0 Å². The molecule has 0 aliphatic carbocycles. The number of anilines is 3. The first-order valence-corrected chi connectivity index (χ1v) is 20.2. The van der Waals surface area contributed by atoms with Crippen LogP contribution in [0.2, 0.25) is 0 Å². The molecule has 0 atom stereocenters. The van der Waals surface area contributed by atoms with Gasteiger partial charge in [-0.2, -0.15) is 0 Å². The fraction of sp³-hybridized carbons (Fsp3) is 0. The van der Waals surface area contributed by atoms with Crippen LogP contribution in [-0.4, -0.2) is 0 Å². The minimum absolute atomic E-state index is 0.864. The monoisotopic (exact) mass is 743 g/mol. The topological polar surface area (TPSA) is 16.4 Å². The van der Waals surface area contributed by atoms with E-state index in [-0.39, 0.29) is 0 Å². The number of nitrogens with zero attached hydrogens (tertiary/aromatic N) is 1. The van der Waals surface area contributed by atoms with Crippen LogP contribution >= 0.6 is 11.3 Å². The number of thiophene rings is 1. The Kier molecular flexibility index (Phi) is 7.13. The zero-order valence-corrected chi connectivity index (χ0v) is 31.6. The Morgan fingerprint density at radius 1 is 0.368 bits per heavy atom. The Hall–Kier alpha value is -7.20. The second-order valence-corrected chi connectivity index (χ2v) is 16.0. The molecular weight excluding hydrogens is 711 g/mol. The van der Waals surface area contributed by atoms with Crippen LogP contribution in [0.5, 0.6) is 0 Å². The molecule has 2 nitrogen and oxygen atoms in total. The Morgan fingerprint density at radius 3 is 1.70 bits per heavy atom. The summed E-state index contributed by atoms with van der Waals surface area (Å²) in [6.07, 6.45) is 0. The van der Waals surface area contributed by atoms with E-state index in [1.54, 1.807) is 0 Å². The lowest BCUT2D eigenvalue weighted by molar-refractivity contribution is 0.672. The molecule has 0 unspecified atom stereocenters. The van der Waals surface area contributed by atoms with Crippen LogP contribution in [-0.2, 0) is 0 Å². The van der Waals surface area contributed by atoms with Gasteiger partial charge >= 0.3 is 0 Å². The molecular formula is C54H33NOS. The molecule has 0 amide bonds. The maximum absolute atomic E-state index is 6.87. The van der Waals surface area contributed by atoms with E-state index in [1.807, 2.05) is 11.3 Å². The smallest absolute Gasteiger partial charge is 0.143 e. The van der Waals surface area contributed by atoms with Crippen molar-refractivity contribution in [2.75, 3.05) is 4.90 Å². The third kappa shape index (κ3) is 5.17. The minimum atomic E-state index is 0.864. The first-order valence-electron chi connectivity index (χ1n) is 19.4. The molecule has 0 bridgehead atoms. The van der Waals surface area contributed by atoms with Crippen LogP contribution in [0.25, 0.3) is 96.7 Å². The van der Waals surface area contributed by atoms with Crippen LogP contribution in [0.15, 0.2) is 205 Å². The normalized spacial score (nSPS) is 11.9. The molecule has 12 rings (SSSR count). The molecule has 266 valence electrons. The highest BCUT2D eigenvalue weighted by Gasteiger charge is 2.22. The molecule has 0 spiro atoms. The van der Waals surface area contributed by atoms with Crippen LogP contribution in [0.4, 0.5) is 17.1 Å². The maximum Gasteiger partial charge on any atom is 0.143 e. The largest absolute Gasteiger partial charge is 0.455 e. The SMILES string of the molecule is c1ccc2cc(N(c3ccc4ccccc4c3)c3cccc4oc5c6ccccc6c(-c6ccc(-c7ccc8sc9ccccc9c8c7)cc6)cc5c34)ccc2c1. The standard InChI is InChI=1S/C54H33NOS/c1-3-12-38-30-41(27-24-34(38)10-1)55(42-28-25-35-11-2-4-13-39(35)31-42)49-17-9-18-50-53(49)48-33-46(43-14-5-6-16-45(43)54(48)56-50)37-22-20-36(21-23-37)40-26-29-52-47(32-40)44-15-7-8-19-51(44)57-52/h1-33H. The van der Waals surface area contributed by atoms with Crippen LogP contribution in [0.3, 0.4) is 0 Å². The molecule has 0 radical (unpaired) electrons. The molecule has 0 fully saturated rings. The van der Waals surface area contributed by atoms with Gasteiger partial charge < -0.3 is 9.32 Å². The third-order valence-corrected chi connectivity index (χ3v) is 12.8. The molecule has 0 aliphatic rings. The lowest BCUT2D eigenvalue weighted by atomic mass is 9.93.